The summed E-state index contributed by atoms with van der Waals surface area (Å²) in [6, 6.07) is 8.60. The Bertz CT molecular complexity index is 254. The van der Waals surface area contributed by atoms with E-state index in [0.29, 0.717) is 4.90 Å². The fourth-order valence-corrected chi connectivity index (χ4v) is 2.12. The van der Waals surface area contributed by atoms with Gasteiger partial charge in [0.15, 0.2) is 0 Å². The Morgan fingerprint density at radius 3 is 2.10 bits per heavy atom. The third kappa shape index (κ3) is 2.03. The van der Waals surface area contributed by atoms with Gasteiger partial charge in [0.1, 0.15) is 0 Å². The smallest absolute Gasteiger partial charge is 0.0671 e. The van der Waals surface area contributed by atoms with Crippen LogP contribution in [0.15, 0.2) is 35.2 Å². The second kappa shape index (κ2) is 2.98. The van der Waals surface area contributed by atoms with E-state index in [1.807, 2.05) is 6.07 Å². The van der Waals surface area contributed by atoms with Crippen LogP contribution < -0.4 is 0 Å². The number of hydrogen-bond acceptors (Lipinski definition) is 1. The SMILES string of the molecule is O=[SH](O)(I)c1ccccc1. The van der Waals surface area contributed by atoms with Gasteiger partial charge in [-0.15, -0.1) is 7.38 Å². The van der Waals surface area contributed by atoms with Gasteiger partial charge in [-0.25, -0.2) is 0 Å². The first kappa shape index (κ1) is 8.16. The number of benzene rings is 1. The summed E-state index contributed by atoms with van der Waals surface area (Å²) in [5, 5.41) is 0. The molecule has 1 rings (SSSR count). The van der Waals surface area contributed by atoms with Crippen molar-refractivity contribution in [3.05, 3.63) is 30.3 Å². The van der Waals surface area contributed by atoms with Gasteiger partial charge in [0.05, 0.1) is 26.1 Å². The Morgan fingerprint density at radius 2 is 1.80 bits per heavy atom. The molecule has 4 heteroatoms. The lowest BCUT2D eigenvalue weighted by Gasteiger charge is -2.12. The fraction of sp³-hybridized carbons (Fsp3) is 0. The highest BCUT2D eigenvalue weighted by Gasteiger charge is 2.00. The van der Waals surface area contributed by atoms with Crippen LogP contribution in [0.4, 0.5) is 0 Å². The second-order valence-electron chi connectivity index (χ2n) is 1.84. The van der Waals surface area contributed by atoms with Gasteiger partial charge in [-0.2, -0.15) is 4.21 Å². The molecule has 0 amide bonds. The lowest BCUT2D eigenvalue weighted by molar-refractivity contribution is 0.561. The first-order chi connectivity index (χ1) is 4.61. The molecule has 0 unspecified atom stereocenters. The molecule has 1 N–H and O–H groups in total. The van der Waals surface area contributed by atoms with Gasteiger partial charge in [-0.1, -0.05) is 18.2 Å². The molecule has 1 aromatic carbocycles. The molecule has 0 radical (unpaired) electrons. The maximum Gasteiger partial charge on any atom is 0.0671 e. The monoisotopic (exact) mass is 270 g/mol. The summed E-state index contributed by atoms with van der Waals surface area (Å²) in [6.07, 6.45) is 0. The van der Waals surface area contributed by atoms with E-state index < -0.39 is 7.38 Å². The predicted molar refractivity (Wildman–Crippen MR) is 50.9 cm³/mol. The minimum atomic E-state index is -3.05. The fourth-order valence-electron chi connectivity index (χ4n) is 0.612. The van der Waals surface area contributed by atoms with Crippen molar-refractivity contribution in [1.29, 1.82) is 0 Å². The van der Waals surface area contributed by atoms with Crippen LogP contribution in [-0.4, -0.2) is 8.76 Å². The van der Waals surface area contributed by atoms with E-state index in [2.05, 4.69) is 0 Å². The van der Waals surface area contributed by atoms with Crippen molar-refractivity contribution in [2.24, 2.45) is 0 Å². The van der Waals surface area contributed by atoms with E-state index in [9.17, 15) is 4.21 Å². The molecule has 0 aliphatic rings. The summed E-state index contributed by atoms with van der Waals surface area (Å²) in [5.74, 6) is 0. The molecule has 0 aromatic heterocycles. The van der Waals surface area contributed by atoms with E-state index in [1.165, 1.54) is 0 Å². The number of thiol groups is 1. The number of halogens is 1. The van der Waals surface area contributed by atoms with Crippen LogP contribution in [0.5, 0.6) is 0 Å². The first-order valence-electron chi connectivity index (χ1n) is 2.69. The first-order valence-corrected chi connectivity index (χ1v) is 7.13. The van der Waals surface area contributed by atoms with Crippen LogP contribution in [0.25, 0.3) is 0 Å². The van der Waals surface area contributed by atoms with E-state index in [1.54, 1.807) is 45.5 Å². The third-order valence-corrected chi connectivity index (χ3v) is 3.68. The lowest BCUT2D eigenvalue weighted by atomic mass is 10.4. The highest BCUT2D eigenvalue weighted by Crippen LogP contribution is 2.21. The molecule has 0 fully saturated rings. The zero-order valence-electron chi connectivity index (χ0n) is 5.07. The topological polar surface area (TPSA) is 37.3 Å². The Hall–Kier alpha value is 0.0600. The third-order valence-electron chi connectivity index (χ3n) is 1.07. The van der Waals surface area contributed by atoms with Crippen molar-refractivity contribution in [2.75, 3.05) is 0 Å². The van der Waals surface area contributed by atoms with Gasteiger partial charge >= 0.3 is 0 Å². The second-order valence-corrected chi connectivity index (χ2v) is 7.28. The molecule has 0 aliphatic heterocycles. The molecule has 2 nitrogen and oxygen atoms in total. The summed E-state index contributed by atoms with van der Waals surface area (Å²) >= 11 is 1.55. The Labute approximate surface area is 72.5 Å². The zero-order chi connectivity index (χ0) is 7.61. The predicted octanol–water partition coefficient (Wildman–Crippen LogP) is 1.89. The van der Waals surface area contributed by atoms with Gasteiger partial charge in [0.25, 0.3) is 0 Å². The van der Waals surface area contributed by atoms with Crippen molar-refractivity contribution in [3.8, 4) is 0 Å². The maximum atomic E-state index is 11.0. The van der Waals surface area contributed by atoms with E-state index >= 15 is 0 Å². The molecule has 0 atom stereocenters. The molecule has 56 valence electrons. The van der Waals surface area contributed by atoms with Gasteiger partial charge in [-0.05, 0) is 12.1 Å². The molecule has 0 heterocycles. The number of hydrogen-bond donors (Lipinski definition) is 2. The molecule has 10 heavy (non-hydrogen) atoms. The van der Waals surface area contributed by atoms with Gasteiger partial charge in [0.2, 0.25) is 0 Å². The molecule has 0 bridgehead atoms. The Kier molecular flexibility index (Phi) is 2.43. The molecule has 0 aliphatic carbocycles. The van der Waals surface area contributed by atoms with E-state index in [-0.39, 0.29) is 0 Å². The summed E-state index contributed by atoms with van der Waals surface area (Å²) in [4.78, 5) is 0.496. The molecule has 0 spiro atoms. The van der Waals surface area contributed by atoms with Crippen LogP contribution in [0.1, 0.15) is 0 Å². The molecule has 0 saturated heterocycles. The van der Waals surface area contributed by atoms with Crippen molar-refractivity contribution in [3.63, 3.8) is 0 Å². The average Bonchev–Trinajstić information content (AvgIpc) is 1.88. The van der Waals surface area contributed by atoms with Crippen molar-refractivity contribution >= 4 is 28.6 Å². The minimum absolute atomic E-state index is 0.496. The standard InChI is InChI=1S/C6H7IO2S/c7-10(8,9)6-4-2-1-3-5-6/h1-5,10H,(H,8,9). The summed E-state index contributed by atoms with van der Waals surface area (Å²) in [5.41, 5.74) is 0. The largest absolute Gasteiger partial charge is 0.293 e. The highest BCUT2D eigenvalue weighted by atomic mass is 127. The van der Waals surface area contributed by atoms with E-state index in [4.69, 9.17) is 4.55 Å². The van der Waals surface area contributed by atoms with Crippen molar-refractivity contribution < 1.29 is 8.76 Å². The minimum Gasteiger partial charge on any atom is -0.293 e. The maximum absolute atomic E-state index is 11.0. The van der Waals surface area contributed by atoms with Crippen LogP contribution in [0.3, 0.4) is 0 Å². The van der Waals surface area contributed by atoms with Crippen LogP contribution in [0.2, 0.25) is 0 Å². The Morgan fingerprint density at radius 1 is 1.30 bits per heavy atom. The van der Waals surface area contributed by atoms with Crippen molar-refractivity contribution in [1.82, 2.24) is 0 Å². The van der Waals surface area contributed by atoms with Gasteiger partial charge < -0.3 is 0 Å². The average molecular weight is 270 g/mol. The molecule has 1 aromatic rings. The number of rotatable bonds is 1. The lowest BCUT2D eigenvalue weighted by Crippen LogP contribution is -1.97. The molecular weight excluding hydrogens is 263 g/mol. The summed E-state index contributed by atoms with van der Waals surface area (Å²) in [7, 11) is -3.05. The zero-order valence-corrected chi connectivity index (χ0v) is 8.12. The van der Waals surface area contributed by atoms with Crippen LogP contribution in [0, 0.1) is 0 Å². The van der Waals surface area contributed by atoms with Gasteiger partial charge in [-0.3, -0.25) is 4.55 Å². The quantitative estimate of drug-likeness (QED) is 0.464. The van der Waals surface area contributed by atoms with Crippen LogP contribution >= 0.6 is 21.2 Å². The Balaban J connectivity index is 3.09. The summed E-state index contributed by atoms with van der Waals surface area (Å²) in [6.45, 7) is 0. The molecular formula is C6H7IO2S. The normalized spacial score (nSPS) is 13.0. The van der Waals surface area contributed by atoms with Crippen LogP contribution in [-0.2, 0) is 7.38 Å². The van der Waals surface area contributed by atoms with Crippen molar-refractivity contribution in [2.45, 2.75) is 4.90 Å². The molecule has 0 saturated carbocycles. The van der Waals surface area contributed by atoms with Gasteiger partial charge in [0, 0.05) is 0 Å². The highest BCUT2D eigenvalue weighted by molar-refractivity contribution is 14.2. The summed E-state index contributed by atoms with van der Waals surface area (Å²) < 4.78 is 20.0. The van der Waals surface area contributed by atoms with E-state index in [0.717, 1.165) is 0 Å².